The summed E-state index contributed by atoms with van der Waals surface area (Å²) in [6, 6.07) is 103. The van der Waals surface area contributed by atoms with Gasteiger partial charge in [-0.25, -0.2) is 15.0 Å². The summed E-state index contributed by atoms with van der Waals surface area (Å²) in [6.45, 7) is 5.99. The lowest BCUT2D eigenvalue weighted by molar-refractivity contribution is 0.451. The molecule has 0 bridgehead atoms. The van der Waals surface area contributed by atoms with Crippen molar-refractivity contribution in [3.05, 3.63) is 439 Å². The van der Waals surface area contributed by atoms with E-state index in [4.69, 9.17) is 11.6 Å². The van der Waals surface area contributed by atoms with Gasteiger partial charge in [0.05, 0.1) is 93.5 Å². The number of aromatic hydroxyl groups is 10. The Bertz CT molecular complexity index is 7890. The van der Waals surface area contributed by atoms with Crippen LogP contribution in [-0.2, 0) is 26.2 Å². The van der Waals surface area contributed by atoms with Crippen LogP contribution in [-0.4, -0.2) is 86.0 Å². The molecular weight excluding hydrogens is 1850 g/mol. The molecule has 0 fully saturated rings. The number of pyridine rings is 7. The summed E-state index contributed by atoms with van der Waals surface area (Å²) in [5.41, 5.74) is 11.2. The van der Waals surface area contributed by atoms with E-state index in [1.54, 1.807) is 159 Å². The average Bonchev–Trinajstić information content (AvgIpc) is 0.803. The fraction of sp³-hybridized carbons (Fsp3) is 0.0541. The molecular formula is C111H89ClN22O11. The van der Waals surface area contributed by atoms with Crippen molar-refractivity contribution in [3.8, 4) is 57.5 Å². The number of aryl methyl sites for hydroxylation is 2. The minimum Gasteiger partial charge on any atom is -0.508 e. The fourth-order valence-electron chi connectivity index (χ4n) is 14.5. The molecule has 33 nitrogen and oxygen atoms in total. The maximum absolute atomic E-state index is 10.9. The standard InChI is InChI=1S/C24H20ClN5O2.C24H20N6O3.2C16H13N3O.C16H12N2O2.C15H11N3O2/c25-19-13-21(24(32)14-23(19)31)29-28-20-9-1-2-10-22(20)30(15-17-7-3-5-11-26-17)16-18-8-4-6-12-27-18;31-23-14-24(32)21(29-33)13-20(23)28-27-19-9-1-2-10-22(19)30(15-17-7-3-5-11-25-17)16-18-8-4-6-12-26-18;1-11-10-14(20)12-6-2-3-7-13(12)16(11)19-18-15-8-4-5-9-17-15;1-11-5-6-12-10-13(20)7-8-14(12)16(11)19-18-15-4-2-3-9-17-15;19-14-10-9-13(16-12(14)7-4-8-15(16)20)18-17-11-5-2-1-3-6-11;19-11-6-4-10-5-7-13(20)15(12(10)9-11)18-17-14-3-1-2-8-16-14/h1-14,31-32H,15-16H2;1-14,31-32H,15-16H2;2*2-10,20H,1H3;1-10,19-20H;1-9,19-20H. The summed E-state index contributed by atoms with van der Waals surface area (Å²) in [6.07, 6.45) is 12.0. The average molecular weight is 1940 g/mol. The summed E-state index contributed by atoms with van der Waals surface area (Å²) in [5.74, 6) is 1.18. The van der Waals surface area contributed by atoms with E-state index < -0.39 is 5.75 Å². The van der Waals surface area contributed by atoms with Crippen LogP contribution in [0.2, 0.25) is 5.02 Å². The van der Waals surface area contributed by atoms with E-state index in [1.807, 2.05) is 226 Å². The number of phenolic OH excluding ortho intramolecular Hbond substituents is 10. The number of fused-ring (bicyclic) bond motifs is 4. The van der Waals surface area contributed by atoms with Crippen molar-refractivity contribution in [1.29, 1.82) is 0 Å². The Morgan fingerprint density at radius 3 is 1.19 bits per heavy atom. The Kier molecular flexibility index (Phi) is 33.9. The Hall–Kier alpha value is -20.0. The molecule has 0 saturated carbocycles. The van der Waals surface area contributed by atoms with Gasteiger partial charge in [-0.1, -0.05) is 157 Å². The van der Waals surface area contributed by atoms with Crippen LogP contribution < -0.4 is 9.80 Å². The number of halogens is 1. The first-order valence-corrected chi connectivity index (χ1v) is 45.1. The number of para-hydroxylation sites is 2. The van der Waals surface area contributed by atoms with Crippen molar-refractivity contribution < 1.29 is 51.1 Å². The van der Waals surface area contributed by atoms with Gasteiger partial charge in [0, 0.05) is 88.5 Å². The van der Waals surface area contributed by atoms with E-state index in [1.165, 1.54) is 12.1 Å². The fourth-order valence-corrected chi connectivity index (χ4v) is 14.7. The SMILES string of the molecule is Cc1cc(O)c2ccccc2c1N=Nc1ccccn1.Cc1ccc2cc(O)ccc2c1N=Nc1ccccn1.O=Nc1cc(N=Nc2ccccc2N(Cc2ccccn2)Cc2ccccn2)c(O)cc1O.Oc1cc(O)c(N=Nc2ccccc2N(Cc2ccccn2)Cc2ccccn2)cc1Cl.Oc1ccc(N=Nc2ccccc2)c2c(O)cccc12.Oc1ccc2ccc(O)c(N=Nc3ccccn3)c2c1. The second-order valence-corrected chi connectivity index (χ2v) is 32.1. The third-order valence-electron chi connectivity index (χ3n) is 21.5. The number of benzene rings is 13. The molecule has 0 aliphatic carbocycles. The third-order valence-corrected chi connectivity index (χ3v) is 21.8. The molecule has 716 valence electrons. The maximum Gasteiger partial charge on any atom is 0.174 e. The zero-order valence-corrected chi connectivity index (χ0v) is 78.2. The molecule has 13 aromatic carbocycles. The lowest BCUT2D eigenvalue weighted by Crippen LogP contribution is -2.23. The van der Waals surface area contributed by atoms with Gasteiger partial charge in [0.2, 0.25) is 0 Å². The highest BCUT2D eigenvalue weighted by molar-refractivity contribution is 6.32. The predicted octanol–water partition coefficient (Wildman–Crippen LogP) is 30.1. The number of hydrogen-bond acceptors (Lipinski definition) is 33. The lowest BCUT2D eigenvalue weighted by atomic mass is 10.0. The van der Waals surface area contributed by atoms with Crippen molar-refractivity contribution in [1.82, 2.24) is 34.9 Å². The zero-order chi connectivity index (χ0) is 101. The predicted molar refractivity (Wildman–Crippen MR) is 559 cm³/mol. The Balaban J connectivity index is 0.000000133. The minimum atomic E-state index is -0.432. The van der Waals surface area contributed by atoms with Gasteiger partial charge in [-0.05, 0) is 229 Å². The van der Waals surface area contributed by atoms with Crippen LogP contribution in [0.15, 0.2) is 462 Å². The molecule has 0 spiro atoms. The van der Waals surface area contributed by atoms with Crippen LogP contribution in [0.3, 0.4) is 0 Å². The molecule has 7 heterocycles. The van der Waals surface area contributed by atoms with E-state index >= 15 is 0 Å². The van der Waals surface area contributed by atoms with E-state index in [0.29, 0.717) is 82.5 Å². The van der Waals surface area contributed by atoms with Crippen molar-refractivity contribution in [3.63, 3.8) is 0 Å². The Labute approximate surface area is 834 Å². The van der Waals surface area contributed by atoms with Crippen LogP contribution in [0.1, 0.15) is 33.9 Å². The number of anilines is 2. The summed E-state index contributed by atoms with van der Waals surface area (Å²) in [5, 5.41) is 157. The first-order chi connectivity index (χ1) is 70.7. The first kappa shape index (κ1) is 99.5. The van der Waals surface area contributed by atoms with Gasteiger partial charge in [-0.3, -0.25) is 19.9 Å². The monoisotopic (exact) mass is 1940 g/mol. The summed E-state index contributed by atoms with van der Waals surface area (Å²) < 4.78 is 0. The molecule has 145 heavy (non-hydrogen) atoms. The second kappa shape index (κ2) is 49.4. The molecule has 20 rings (SSSR count). The summed E-state index contributed by atoms with van der Waals surface area (Å²) in [7, 11) is 0. The lowest BCUT2D eigenvalue weighted by Gasteiger charge is -2.25. The van der Waals surface area contributed by atoms with E-state index in [2.05, 4.69) is 111 Å². The van der Waals surface area contributed by atoms with Crippen molar-refractivity contribution in [2.75, 3.05) is 9.80 Å². The largest absolute Gasteiger partial charge is 0.508 e. The summed E-state index contributed by atoms with van der Waals surface area (Å²) >= 11 is 5.94. The van der Waals surface area contributed by atoms with E-state index in [-0.39, 0.29) is 73.8 Å². The molecule has 7 aromatic heterocycles. The smallest absolute Gasteiger partial charge is 0.174 e. The number of hydrogen-bond donors (Lipinski definition) is 10. The Morgan fingerprint density at radius 1 is 0.248 bits per heavy atom. The van der Waals surface area contributed by atoms with E-state index in [9.17, 15) is 56.0 Å². The topological polar surface area (TPSA) is 477 Å². The van der Waals surface area contributed by atoms with Crippen LogP contribution in [0.4, 0.5) is 85.7 Å². The number of azo groups is 6. The quantitative estimate of drug-likeness (QED) is 0.0210. The molecule has 0 saturated heterocycles. The molecule has 0 atom stereocenters. The number of nitrogens with zero attached hydrogens (tertiary/aromatic N) is 22. The van der Waals surface area contributed by atoms with Crippen molar-refractivity contribution in [2.24, 2.45) is 66.5 Å². The van der Waals surface area contributed by atoms with Gasteiger partial charge in [0.15, 0.2) is 23.1 Å². The van der Waals surface area contributed by atoms with Gasteiger partial charge < -0.3 is 60.9 Å². The second-order valence-electron chi connectivity index (χ2n) is 31.7. The van der Waals surface area contributed by atoms with Gasteiger partial charge in [0.1, 0.15) is 85.9 Å². The molecule has 0 aliphatic rings. The molecule has 10 N–H and O–H groups in total. The van der Waals surface area contributed by atoms with Gasteiger partial charge in [-0.2, -0.15) is 5.11 Å². The highest BCUT2D eigenvalue weighted by Crippen LogP contribution is 2.46. The van der Waals surface area contributed by atoms with E-state index in [0.717, 1.165) is 101 Å². The van der Waals surface area contributed by atoms with Crippen molar-refractivity contribution >= 4 is 140 Å². The molecule has 0 aliphatic heterocycles. The normalized spacial score (nSPS) is 11.1. The van der Waals surface area contributed by atoms with Gasteiger partial charge in [-0.15, -0.1) is 61.2 Å². The minimum absolute atomic E-state index is 0.00258. The van der Waals surface area contributed by atoms with Crippen LogP contribution >= 0.6 is 11.6 Å². The van der Waals surface area contributed by atoms with Crippen LogP contribution in [0.25, 0.3) is 43.1 Å². The number of aromatic nitrogens is 7. The third kappa shape index (κ3) is 27.3. The molecule has 34 heteroatoms. The highest BCUT2D eigenvalue weighted by atomic mass is 35.5. The number of nitroso groups, excluding NO2 is 1. The first-order valence-electron chi connectivity index (χ1n) is 44.7. The maximum atomic E-state index is 10.9. The van der Waals surface area contributed by atoms with Crippen LogP contribution in [0, 0.1) is 18.8 Å². The molecule has 0 unspecified atom stereocenters. The van der Waals surface area contributed by atoms with Crippen molar-refractivity contribution in [2.45, 2.75) is 40.0 Å². The van der Waals surface area contributed by atoms with Crippen LogP contribution in [0.5, 0.6) is 57.5 Å². The number of phenols is 10. The number of rotatable bonds is 23. The van der Waals surface area contributed by atoms with Gasteiger partial charge in [0.25, 0.3) is 0 Å². The highest BCUT2D eigenvalue weighted by Gasteiger charge is 2.20. The Morgan fingerprint density at radius 2 is 0.669 bits per heavy atom. The zero-order valence-electron chi connectivity index (χ0n) is 77.5. The van der Waals surface area contributed by atoms with Gasteiger partial charge >= 0.3 is 0 Å². The molecule has 20 aromatic rings. The summed E-state index contributed by atoms with van der Waals surface area (Å²) in [4.78, 5) is 45.1. The molecule has 0 amide bonds. The molecule has 0 radical (unpaired) electrons.